The Morgan fingerprint density at radius 3 is 2.66 bits per heavy atom. The second kappa shape index (κ2) is 7.74. The van der Waals surface area contributed by atoms with Crippen molar-refractivity contribution >= 4 is 5.69 Å². The van der Waals surface area contributed by atoms with E-state index in [9.17, 15) is 13.2 Å². The molecule has 0 amide bonds. The van der Waals surface area contributed by atoms with Crippen LogP contribution < -0.4 is 5.32 Å². The first-order chi connectivity index (χ1) is 14.0. The molecule has 2 aromatic heterocycles. The van der Waals surface area contributed by atoms with Gasteiger partial charge < -0.3 is 9.73 Å². The number of halogens is 3. The number of rotatable bonds is 6. The van der Waals surface area contributed by atoms with Crippen molar-refractivity contribution in [3.63, 3.8) is 0 Å². The molecular weight excluding hydrogens is 385 g/mol. The lowest BCUT2D eigenvalue weighted by atomic mass is 10.1. The molecule has 0 fully saturated rings. The van der Waals surface area contributed by atoms with Crippen LogP contribution in [-0.2, 0) is 6.54 Å². The first-order valence-electron chi connectivity index (χ1n) is 8.62. The van der Waals surface area contributed by atoms with E-state index in [1.165, 1.54) is 16.8 Å². The van der Waals surface area contributed by atoms with Gasteiger partial charge in [0.25, 0.3) is 5.89 Å². The van der Waals surface area contributed by atoms with E-state index in [1.54, 1.807) is 6.20 Å². The average Bonchev–Trinajstić information content (AvgIpc) is 3.39. The molecule has 7 nitrogen and oxygen atoms in total. The van der Waals surface area contributed by atoms with E-state index < -0.39 is 18.1 Å². The second-order valence-corrected chi connectivity index (χ2v) is 6.18. The number of benzene rings is 2. The summed E-state index contributed by atoms with van der Waals surface area (Å²) in [7, 11) is 1.82. The molecule has 0 aliphatic heterocycles. The van der Waals surface area contributed by atoms with Crippen LogP contribution >= 0.6 is 0 Å². The highest BCUT2D eigenvalue weighted by Gasteiger charge is 2.18. The summed E-state index contributed by atoms with van der Waals surface area (Å²) >= 11 is 0. The minimum atomic E-state index is -2.88. The SMILES string of the molecule is CNc1cccc(-c2cn(Cc3ccc(-c4nnc(C(F)F)o4)cc3F)nn2)c1. The van der Waals surface area contributed by atoms with Gasteiger partial charge in [-0.05, 0) is 24.3 Å². The molecule has 2 heterocycles. The zero-order valence-corrected chi connectivity index (χ0v) is 15.2. The third kappa shape index (κ3) is 3.96. The molecule has 0 radical (unpaired) electrons. The Labute approximate surface area is 163 Å². The molecule has 1 N–H and O–H groups in total. The first kappa shape index (κ1) is 18.7. The van der Waals surface area contributed by atoms with Crippen LogP contribution in [0.15, 0.2) is 53.1 Å². The summed E-state index contributed by atoms with van der Waals surface area (Å²) in [4.78, 5) is 0. The molecule has 0 saturated carbocycles. The number of nitrogens with one attached hydrogen (secondary N) is 1. The van der Waals surface area contributed by atoms with Gasteiger partial charge in [0.05, 0.1) is 12.7 Å². The second-order valence-electron chi connectivity index (χ2n) is 6.18. The van der Waals surface area contributed by atoms with Crippen LogP contribution in [0.1, 0.15) is 17.9 Å². The summed E-state index contributed by atoms with van der Waals surface area (Å²) in [6, 6.07) is 11.9. The van der Waals surface area contributed by atoms with E-state index in [0.717, 1.165) is 17.3 Å². The van der Waals surface area contributed by atoms with Crippen molar-refractivity contribution in [1.82, 2.24) is 25.2 Å². The Balaban J connectivity index is 1.53. The van der Waals surface area contributed by atoms with Crippen LogP contribution in [-0.4, -0.2) is 32.2 Å². The number of hydrogen-bond acceptors (Lipinski definition) is 6. The zero-order chi connectivity index (χ0) is 20.4. The summed E-state index contributed by atoms with van der Waals surface area (Å²) in [6.07, 6.45) is -1.16. The number of aromatic nitrogens is 5. The average molecular weight is 400 g/mol. The number of nitrogens with zero attached hydrogens (tertiary/aromatic N) is 5. The van der Waals surface area contributed by atoms with E-state index >= 15 is 0 Å². The lowest BCUT2D eigenvalue weighted by Crippen LogP contribution is -2.03. The molecule has 4 rings (SSSR count). The monoisotopic (exact) mass is 400 g/mol. The molecule has 148 valence electrons. The van der Waals surface area contributed by atoms with Crippen molar-refractivity contribution in [1.29, 1.82) is 0 Å². The first-order valence-corrected chi connectivity index (χ1v) is 8.62. The quantitative estimate of drug-likeness (QED) is 0.523. The highest BCUT2D eigenvalue weighted by molar-refractivity contribution is 5.64. The Bertz CT molecular complexity index is 1140. The topological polar surface area (TPSA) is 81.7 Å². The number of anilines is 1. The highest BCUT2D eigenvalue weighted by Crippen LogP contribution is 2.25. The van der Waals surface area contributed by atoms with E-state index in [1.807, 2.05) is 31.3 Å². The molecule has 10 heteroatoms. The van der Waals surface area contributed by atoms with Crippen molar-refractivity contribution in [2.24, 2.45) is 0 Å². The van der Waals surface area contributed by atoms with E-state index in [-0.39, 0.29) is 18.0 Å². The van der Waals surface area contributed by atoms with Crippen molar-refractivity contribution in [2.75, 3.05) is 12.4 Å². The Kier molecular flexibility index (Phi) is 4.98. The predicted octanol–water partition coefficient (Wildman–Crippen LogP) is 4.16. The lowest BCUT2D eigenvalue weighted by Gasteiger charge is -2.04. The van der Waals surface area contributed by atoms with Crippen molar-refractivity contribution in [3.8, 4) is 22.7 Å². The molecule has 0 saturated heterocycles. The summed E-state index contributed by atoms with van der Waals surface area (Å²) in [5.41, 5.74) is 3.04. The summed E-state index contributed by atoms with van der Waals surface area (Å²) in [6.45, 7) is 0.150. The van der Waals surface area contributed by atoms with Gasteiger partial charge in [0.1, 0.15) is 11.5 Å². The van der Waals surface area contributed by atoms with Gasteiger partial charge in [-0.15, -0.1) is 15.3 Å². The van der Waals surface area contributed by atoms with Crippen LogP contribution in [0.2, 0.25) is 0 Å². The lowest BCUT2D eigenvalue weighted by molar-refractivity contribution is 0.116. The maximum atomic E-state index is 14.5. The molecule has 2 aromatic carbocycles. The van der Waals surface area contributed by atoms with Crippen LogP contribution in [0.4, 0.5) is 18.9 Å². The van der Waals surface area contributed by atoms with Gasteiger partial charge in [0.15, 0.2) is 0 Å². The molecule has 0 unspecified atom stereocenters. The fourth-order valence-corrected chi connectivity index (χ4v) is 2.76. The molecular formula is C19H15F3N6O. The van der Waals surface area contributed by atoms with Crippen molar-refractivity contribution < 1.29 is 17.6 Å². The molecule has 4 aromatic rings. The Morgan fingerprint density at radius 1 is 1.07 bits per heavy atom. The van der Waals surface area contributed by atoms with Crippen LogP contribution in [0.3, 0.4) is 0 Å². The van der Waals surface area contributed by atoms with Crippen LogP contribution in [0.25, 0.3) is 22.7 Å². The molecule has 0 spiro atoms. The molecule has 0 aliphatic rings. The van der Waals surface area contributed by atoms with Crippen LogP contribution in [0.5, 0.6) is 0 Å². The van der Waals surface area contributed by atoms with E-state index in [4.69, 9.17) is 4.42 Å². The van der Waals surface area contributed by atoms with Gasteiger partial charge in [0, 0.05) is 29.4 Å². The minimum Gasteiger partial charge on any atom is -0.415 e. The number of alkyl halides is 2. The normalized spacial score (nSPS) is 11.2. The summed E-state index contributed by atoms with van der Waals surface area (Å²) in [5.74, 6) is -1.52. The van der Waals surface area contributed by atoms with Gasteiger partial charge in [-0.2, -0.15) is 8.78 Å². The van der Waals surface area contributed by atoms with E-state index in [0.29, 0.717) is 11.3 Å². The van der Waals surface area contributed by atoms with Crippen LogP contribution in [0, 0.1) is 5.82 Å². The Morgan fingerprint density at radius 2 is 1.93 bits per heavy atom. The third-order valence-corrected chi connectivity index (χ3v) is 4.25. The fourth-order valence-electron chi connectivity index (χ4n) is 2.76. The molecule has 0 aliphatic carbocycles. The molecule has 29 heavy (non-hydrogen) atoms. The standard InChI is InChI=1S/C19H15F3N6O/c1-23-14-4-2-3-11(7-14)16-10-28(27-24-16)9-13-6-5-12(8-15(13)20)18-25-26-19(29-18)17(21)22/h2-8,10,17,23H,9H2,1H3. The third-order valence-electron chi connectivity index (χ3n) is 4.25. The minimum absolute atomic E-state index is 0.150. The maximum absolute atomic E-state index is 14.5. The summed E-state index contributed by atoms with van der Waals surface area (Å²) < 4.78 is 46.0. The van der Waals surface area contributed by atoms with Gasteiger partial charge in [-0.1, -0.05) is 23.4 Å². The van der Waals surface area contributed by atoms with E-state index in [2.05, 4.69) is 25.8 Å². The van der Waals surface area contributed by atoms with Gasteiger partial charge in [0.2, 0.25) is 5.89 Å². The number of hydrogen-bond donors (Lipinski definition) is 1. The smallest absolute Gasteiger partial charge is 0.314 e. The van der Waals surface area contributed by atoms with Gasteiger partial charge in [-0.25, -0.2) is 9.07 Å². The molecule has 0 bridgehead atoms. The van der Waals surface area contributed by atoms with Crippen molar-refractivity contribution in [2.45, 2.75) is 13.0 Å². The zero-order valence-electron chi connectivity index (χ0n) is 15.2. The van der Waals surface area contributed by atoms with Crippen molar-refractivity contribution in [3.05, 3.63) is 65.9 Å². The fraction of sp³-hybridized carbons (Fsp3) is 0.158. The largest absolute Gasteiger partial charge is 0.415 e. The predicted molar refractivity (Wildman–Crippen MR) is 98.8 cm³/mol. The highest BCUT2D eigenvalue weighted by atomic mass is 19.3. The van der Waals surface area contributed by atoms with Gasteiger partial charge >= 0.3 is 6.43 Å². The Hall–Kier alpha value is -3.69. The van der Waals surface area contributed by atoms with Gasteiger partial charge in [-0.3, -0.25) is 0 Å². The summed E-state index contributed by atoms with van der Waals surface area (Å²) in [5, 5.41) is 18.0. The maximum Gasteiger partial charge on any atom is 0.314 e. The molecule has 0 atom stereocenters.